The molecule has 2 unspecified atom stereocenters. The van der Waals surface area contributed by atoms with E-state index in [0.717, 1.165) is 9.35 Å². The van der Waals surface area contributed by atoms with E-state index in [1.54, 1.807) is 6.92 Å². The van der Waals surface area contributed by atoms with Crippen LogP contribution >= 0.6 is 27.3 Å². The molecule has 0 spiro atoms. The van der Waals surface area contributed by atoms with Crippen LogP contribution in [0.4, 0.5) is 0 Å². The van der Waals surface area contributed by atoms with Gasteiger partial charge in [0, 0.05) is 31.3 Å². The van der Waals surface area contributed by atoms with Crippen molar-refractivity contribution >= 4 is 44.0 Å². The second kappa shape index (κ2) is 5.77. The molecule has 2 atom stereocenters. The summed E-state index contributed by atoms with van der Waals surface area (Å²) in [7, 11) is -1.10. The Hall–Kier alpha value is -0.200. The quantitative estimate of drug-likeness (QED) is 0.909. The standard InChI is InChI=1S/C9H11BrO3S2/c1-6(9(11)12)4-15(13)5-8-2-7(10)3-14-8/h2-3,6H,4-5H2,1H3,(H,11,12). The Morgan fingerprint density at radius 2 is 2.40 bits per heavy atom. The van der Waals surface area contributed by atoms with Crippen LogP contribution < -0.4 is 0 Å². The lowest BCUT2D eigenvalue weighted by Gasteiger charge is -2.04. The van der Waals surface area contributed by atoms with Crippen molar-refractivity contribution in [3.05, 3.63) is 20.8 Å². The molecule has 0 aliphatic rings. The minimum Gasteiger partial charge on any atom is -0.481 e. The van der Waals surface area contributed by atoms with Gasteiger partial charge in [-0.05, 0) is 22.0 Å². The number of carboxylic acids is 1. The van der Waals surface area contributed by atoms with Gasteiger partial charge in [-0.3, -0.25) is 9.00 Å². The molecule has 0 aliphatic carbocycles. The molecule has 0 aromatic carbocycles. The zero-order chi connectivity index (χ0) is 11.4. The summed E-state index contributed by atoms with van der Waals surface area (Å²) in [6.07, 6.45) is 0. The highest BCUT2D eigenvalue weighted by Crippen LogP contribution is 2.21. The summed E-state index contributed by atoms with van der Waals surface area (Å²) >= 11 is 4.84. The largest absolute Gasteiger partial charge is 0.481 e. The van der Waals surface area contributed by atoms with Crippen LogP contribution in [0.1, 0.15) is 11.8 Å². The number of carboxylic acid groups (broad SMARTS) is 1. The molecule has 0 radical (unpaired) electrons. The highest BCUT2D eigenvalue weighted by Gasteiger charge is 2.15. The molecule has 15 heavy (non-hydrogen) atoms. The zero-order valence-corrected chi connectivity index (χ0v) is 11.3. The molecule has 1 aromatic heterocycles. The highest BCUT2D eigenvalue weighted by molar-refractivity contribution is 9.10. The van der Waals surface area contributed by atoms with E-state index in [1.165, 1.54) is 11.3 Å². The van der Waals surface area contributed by atoms with Crippen LogP contribution in [-0.2, 0) is 21.3 Å². The summed E-state index contributed by atoms with van der Waals surface area (Å²) < 4.78 is 12.6. The number of aliphatic carboxylic acids is 1. The van der Waals surface area contributed by atoms with Gasteiger partial charge in [0.25, 0.3) is 0 Å². The van der Waals surface area contributed by atoms with Crippen LogP contribution in [0.3, 0.4) is 0 Å². The van der Waals surface area contributed by atoms with Gasteiger partial charge in [-0.15, -0.1) is 11.3 Å². The maximum Gasteiger partial charge on any atom is 0.307 e. The third-order valence-corrected chi connectivity index (χ3v) is 5.17. The topological polar surface area (TPSA) is 54.4 Å². The Labute approximate surface area is 103 Å². The number of thiophene rings is 1. The molecule has 0 aliphatic heterocycles. The minimum atomic E-state index is -1.10. The number of halogens is 1. The molecule has 1 rings (SSSR count). The van der Waals surface area contributed by atoms with E-state index in [4.69, 9.17) is 5.11 Å². The van der Waals surface area contributed by atoms with Crippen LogP contribution in [-0.4, -0.2) is 21.0 Å². The van der Waals surface area contributed by atoms with Crippen molar-refractivity contribution in [3.63, 3.8) is 0 Å². The Morgan fingerprint density at radius 3 is 2.87 bits per heavy atom. The molecule has 0 bridgehead atoms. The average Bonchev–Trinajstić information content (AvgIpc) is 2.50. The van der Waals surface area contributed by atoms with Gasteiger partial charge >= 0.3 is 5.97 Å². The first-order chi connectivity index (χ1) is 6.99. The molecule has 6 heteroatoms. The highest BCUT2D eigenvalue weighted by atomic mass is 79.9. The van der Waals surface area contributed by atoms with Crippen LogP contribution in [0.2, 0.25) is 0 Å². The second-order valence-electron chi connectivity index (χ2n) is 3.22. The predicted octanol–water partition coefficient (Wildman–Crippen LogP) is 2.48. The molecule has 0 fully saturated rings. The fourth-order valence-corrected chi connectivity index (χ4v) is 4.12. The first kappa shape index (κ1) is 12.9. The van der Waals surface area contributed by atoms with Crippen molar-refractivity contribution in [2.45, 2.75) is 12.7 Å². The van der Waals surface area contributed by atoms with Gasteiger partial charge < -0.3 is 5.11 Å². The van der Waals surface area contributed by atoms with Crippen molar-refractivity contribution in [2.75, 3.05) is 5.75 Å². The van der Waals surface area contributed by atoms with Gasteiger partial charge in [0.15, 0.2) is 0 Å². The average molecular weight is 311 g/mol. The van der Waals surface area contributed by atoms with E-state index in [1.807, 2.05) is 11.4 Å². The smallest absolute Gasteiger partial charge is 0.307 e. The molecule has 1 N–H and O–H groups in total. The molecule has 0 saturated heterocycles. The van der Waals surface area contributed by atoms with Gasteiger partial charge in [0.2, 0.25) is 0 Å². The second-order valence-corrected chi connectivity index (χ2v) is 6.63. The normalized spacial score (nSPS) is 14.8. The molecule has 0 amide bonds. The summed E-state index contributed by atoms with van der Waals surface area (Å²) in [4.78, 5) is 11.6. The van der Waals surface area contributed by atoms with Crippen LogP contribution in [0.5, 0.6) is 0 Å². The van der Waals surface area contributed by atoms with E-state index in [-0.39, 0.29) is 5.75 Å². The maximum absolute atomic E-state index is 11.6. The van der Waals surface area contributed by atoms with E-state index < -0.39 is 22.7 Å². The number of hydrogen-bond donors (Lipinski definition) is 1. The number of carbonyl (C=O) groups is 1. The van der Waals surface area contributed by atoms with Crippen molar-refractivity contribution in [3.8, 4) is 0 Å². The van der Waals surface area contributed by atoms with Gasteiger partial charge in [0.1, 0.15) is 0 Å². The molecular weight excluding hydrogens is 300 g/mol. The summed E-state index contributed by atoms with van der Waals surface area (Å²) in [5.74, 6) is -0.788. The Kier molecular flexibility index (Phi) is 4.95. The monoisotopic (exact) mass is 310 g/mol. The molecule has 0 saturated carbocycles. The predicted molar refractivity (Wildman–Crippen MR) is 65.5 cm³/mol. The van der Waals surface area contributed by atoms with Crippen LogP contribution in [0, 0.1) is 5.92 Å². The van der Waals surface area contributed by atoms with Crippen LogP contribution in [0.15, 0.2) is 15.9 Å². The van der Waals surface area contributed by atoms with Gasteiger partial charge in [-0.1, -0.05) is 6.92 Å². The molecule has 3 nitrogen and oxygen atoms in total. The fourth-order valence-electron chi connectivity index (χ4n) is 0.997. The summed E-state index contributed by atoms with van der Waals surface area (Å²) in [6, 6.07) is 1.91. The van der Waals surface area contributed by atoms with Gasteiger partial charge in [-0.2, -0.15) is 0 Å². The Morgan fingerprint density at radius 1 is 1.73 bits per heavy atom. The van der Waals surface area contributed by atoms with E-state index in [0.29, 0.717) is 5.75 Å². The number of rotatable bonds is 5. The minimum absolute atomic E-state index is 0.213. The lowest BCUT2D eigenvalue weighted by molar-refractivity contribution is -0.140. The van der Waals surface area contributed by atoms with Crippen molar-refractivity contribution in [1.82, 2.24) is 0 Å². The summed E-state index contributed by atoms with van der Waals surface area (Å²) in [6.45, 7) is 1.57. The fraction of sp³-hybridized carbons (Fsp3) is 0.444. The molecule has 84 valence electrons. The van der Waals surface area contributed by atoms with Crippen LogP contribution in [0.25, 0.3) is 0 Å². The lowest BCUT2D eigenvalue weighted by Crippen LogP contribution is -2.17. The lowest BCUT2D eigenvalue weighted by atomic mass is 10.2. The van der Waals surface area contributed by atoms with Gasteiger partial charge in [-0.25, -0.2) is 0 Å². The SMILES string of the molecule is CC(CS(=O)Cc1cc(Br)cs1)C(=O)O. The number of hydrogen-bond acceptors (Lipinski definition) is 3. The molecule has 1 heterocycles. The Bertz CT molecular complexity index is 375. The van der Waals surface area contributed by atoms with E-state index in [2.05, 4.69) is 15.9 Å². The maximum atomic E-state index is 11.6. The zero-order valence-electron chi connectivity index (χ0n) is 8.10. The Balaban J connectivity index is 2.46. The third kappa shape index (κ3) is 4.44. The summed E-state index contributed by atoms with van der Waals surface area (Å²) in [5.41, 5.74) is 0. The molecular formula is C9H11BrO3S2. The summed E-state index contributed by atoms with van der Waals surface area (Å²) in [5, 5.41) is 10.6. The third-order valence-electron chi connectivity index (χ3n) is 1.78. The van der Waals surface area contributed by atoms with Crippen molar-refractivity contribution in [1.29, 1.82) is 0 Å². The van der Waals surface area contributed by atoms with E-state index >= 15 is 0 Å². The van der Waals surface area contributed by atoms with Crippen molar-refractivity contribution < 1.29 is 14.1 Å². The molecule has 1 aromatic rings. The first-order valence-electron chi connectivity index (χ1n) is 4.29. The van der Waals surface area contributed by atoms with Gasteiger partial charge in [0.05, 0.1) is 11.7 Å². The van der Waals surface area contributed by atoms with E-state index in [9.17, 15) is 9.00 Å². The van der Waals surface area contributed by atoms with Crippen molar-refractivity contribution in [2.24, 2.45) is 5.92 Å². The first-order valence-corrected chi connectivity index (χ1v) is 7.46.